The van der Waals surface area contributed by atoms with E-state index in [0.717, 1.165) is 26.2 Å². The van der Waals surface area contributed by atoms with Gasteiger partial charge in [0.05, 0.1) is 12.6 Å². The molecule has 0 radical (unpaired) electrons. The Labute approximate surface area is 130 Å². The first-order chi connectivity index (χ1) is 10.5. The van der Waals surface area contributed by atoms with Gasteiger partial charge in [-0.05, 0) is 13.0 Å². The zero-order valence-electron chi connectivity index (χ0n) is 13.0. The van der Waals surface area contributed by atoms with Gasteiger partial charge in [-0.3, -0.25) is 14.6 Å². The molecule has 1 heterocycles. The van der Waals surface area contributed by atoms with Crippen molar-refractivity contribution in [3.05, 3.63) is 35.6 Å². The quantitative estimate of drug-likeness (QED) is 0.801. The van der Waals surface area contributed by atoms with Crippen LogP contribution in [0.5, 0.6) is 0 Å². The number of hydrogen-bond acceptors (Lipinski definition) is 4. The molecule has 1 saturated heterocycles. The maximum atomic E-state index is 13.5. The van der Waals surface area contributed by atoms with Crippen LogP contribution in [0, 0.1) is 5.82 Å². The van der Waals surface area contributed by atoms with E-state index in [4.69, 9.17) is 0 Å². The molecule has 1 aromatic rings. The molecule has 5 nitrogen and oxygen atoms in total. The molecule has 1 aromatic carbocycles. The molecule has 2 N–H and O–H groups in total. The first-order valence-corrected chi connectivity index (χ1v) is 7.67. The number of amides is 1. The fraction of sp³-hybridized carbons (Fsp3) is 0.562. The number of β-amino-alcohol motifs (C(OH)–C–C–N with tert-alkyl or cyclic N) is 1. The molecule has 0 bridgehead atoms. The van der Waals surface area contributed by atoms with Crippen molar-refractivity contribution in [2.75, 3.05) is 39.3 Å². The summed E-state index contributed by atoms with van der Waals surface area (Å²) in [7, 11) is 0. The summed E-state index contributed by atoms with van der Waals surface area (Å²) in [5, 5.41) is 12.1. The van der Waals surface area contributed by atoms with Crippen LogP contribution in [-0.4, -0.2) is 66.2 Å². The van der Waals surface area contributed by atoms with Crippen LogP contribution >= 0.6 is 0 Å². The molecule has 6 heteroatoms. The summed E-state index contributed by atoms with van der Waals surface area (Å²) in [5.41, 5.74) is 0.498. The van der Waals surface area contributed by atoms with Crippen LogP contribution in [0.1, 0.15) is 12.5 Å². The average Bonchev–Trinajstić information content (AvgIpc) is 2.48. The van der Waals surface area contributed by atoms with Crippen molar-refractivity contribution in [2.45, 2.75) is 19.6 Å². The van der Waals surface area contributed by atoms with Gasteiger partial charge in [0.15, 0.2) is 0 Å². The molecule has 0 spiro atoms. The lowest BCUT2D eigenvalue weighted by atomic mass is 10.2. The van der Waals surface area contributed by atoms with E-state index in [-0.39, 0.29) is 24.4 Å². The van der Waals surface area contributed by atoms with Gasteiger partial charge in [-0.15, -0.1) is 0 Å². The van der Waals surface area contributed by atoms with Crippen LogP contribution in [0.4, 0.5) is 4.39 Å². The summed E-state index contributed by atoms with van der Waals surface area (Å²) >= 11 is 0. The highest BCUT2D eigenvalue weighted by atomic mass is 19.1. The van der Waals surface area contributed by atoms with E-state index >= 15 is 0 Å². The van der Waals surface area contributed by atoms with Gasteiger partial charge in [-0.1, -0.05) is 18.2 Å². The van der Waals surface area contributed by atoms with Crippen molar-refractivity contribution >= 4 is 5.91 Å². The lowest BCUT2D eigenvalue weighted by Gasteiger charge is -2.34. The van der Waals surface area contributed by atoms with Gasteiger partial charge in [-0.25, -0.2) is 4.39 Å². The molecule has 1 fully saturated rings. The molecule has 122 valence electrons. The molecule has 1 atom stereocenters. The Kier molecular flexibility index (Phi) is 6.30. The Morgan fingerprint density at radius 3 is 2.55 bits per heavy atom. The maximum Gasteiger partial charge on any atom is 0.234 e. The van der Waals surface area contributed by atoms with Crippen LogP contribution in [0.25, 0.3) is 0 Å². The minimum atomic E-state index is -0.324. The highest BCUT2D eigenvalue weighted by molar-refractivity contribution is 5.78. The number of nitrogens with one attached hydrogen (secondary N) is 1. The summed E-state index contributed by atoms with van der Waals surface area (Å²) in [6, 6.07) is 6.45. The second-order valence-corrected chi connectivity index (χ2v) is 5.79. The monoisotopic (exact) mass is 309 g/mol. The topological polar surface area (TPSA) is 55.8 Å². The van der Waals surface area contributed by atoms with E-state index in [9.17, 15) is 14.3 Å². The van der Waals surface area contributed by atoms with Crippen LogP contribution in [-0.2, 0) is 11.3 Å². The summed E-state index contributed by atoms with van der Waals surface area (Å²) in [4.78, 5) is 16.2. The molecule has 0 aliphatic carbocycles. The first-order valence-electron chi connectivity index (χ1n) is 7.67. The summed E-state index contributed by atoms with van der Waals surface area (Å²) in [6.07, 6.45) is -0.324. The number of rotatable bonds is 6. The van der Waals surface area contributed by atoms with E-state index in [1.807, 2.05) is 0 Å². The number of nitrogens with zero attached hydrogens (tertiary/aromatic N) is 2. The fourth-order valence-electron chi connectivity index (χ4n) is 2.60. The van der Waals surface area contributed by atoms with Crippen molar-refractivity contribution in [1.82, 2.24) is 15.1 Å². The summed E-state index contributed by atoms with van der Waals surface area (Å²) < 4.78 is 13.5. The SMILES string of the molecule is CC(O)CN1CCN(CC(=O)NCc2ccccc2F)CC1. The van der Waals surface area contributed by atoms with Gasteiger partial charge in [0.1, 0.15) is 5.82 Å². The van der Waals surface area contributed by atoms with E-state index in [1.54, 1.807) is 25.1 Å². The van der Waals surface area contributed by atoms with E-state index in [0.29, 0.717) is 18.7 Å². The van der Waals surface area contributed by atoms with Crippen LogP contribution < -0.4 is 5.32 Å². The van der Waals surface area contributed by atoms with Crippen LogP contribution in [0.2, 0.25) is 0 Å². The number of aliphatic hydroxyl groups excluding tert-OH is 1. The Hall–Kier alpha value is -1.50. The number of halogens is 1. The molecule has 1 aliphatic rings. The lowest BCUT2D eigenvalue weighted by Crippen LogP contribution is -2.50. The third-order valence-electron chi connectivity index (χ3n) is 3.79. The normalized spacial score (nSPS) is 18.1. The molecule has 1 unspecified atom stereocenters. The fourth-order valence-corrected chi connectivity index (χ4v) is 2.60. The maximum absolute atomic E-state index is 13.5. The molecule has 22 heavy (non-hydrogen) atoms. The zero-order chi connectivity index (χ0) is 15.9. The Balaban J connectivity index is 1.69. The smallest absolute Gasteiger partial charge is 0.234 e. The van der Waals surface area contributed by atoms with Gasteiger partial charge in [0.2, 0.25) is 5.91 Å². The van der Waals surface area contributed by atoms with Crippen molar-refractivity contribution < 1.29 is 14.3 Å². The number of hydrogen-bond donors (Lipinski definition) is 2. The van der Waals surface area contributed by atoms with Crippen molar-refractivity contribution in [1.29, 1.82) is 0 Å². The molecule has 1 amide bonds. The van der Waals surface area contributed by atoms with Gasteiger partial charge < -0.3 is 10.4 Å². The number of piperazine rings is 1. The minimum absolute atomic E-state index is 0.0905. The first kappa shape index (κ1) is 16.9. The average molecular weight is 309 g/mol. The van der Waals surface area contributed by atoms with Crippen molar-refractivity contribution in [3.8, 4) is 0 Å². The van der Waals surface area contributed by atoms with E-state index in [2.05, 4.69) is 15.1 Å². The van der Waals surface area contributed by atoms with Gasteiger partial charge in [0, 0.05) is 44.8 Å². The van der Waals surface area contributed by atoms with Crippen LogP contribution in [0.3, 0.4) is 0 Å². The molecule has 2 rings (SSSR count). The highest BCUT2D eigenvalue weighted by Gasteiger charge is 2.19. The Morgan fingerprint density at radius 2 is 1.91 bits per heavy atom. The summed E-state index contributed by atoms with van der Waals surface area (Å²) in [5.74, 6) is -0.387. The van der Waals surface area contributed by atoms with Gasteiger partial charge in [-0.2, -0.15) is 0 Å². The van der Waals surface area contributed by atoms with Gasteiger partial charge >= 0.3 is 0 Å². The Morgan fingerprint density at radius 1 is 1.27 bits per heavy atom. The predicted molar refractivity (Wildman–Crippen MR) is 82.8 cm³/mol. The molecular weight excluding hydrogens is 285 g/mol. The second-order valence-electron chi connectivity index (χ2n) is 5.79. The molecule has 0 saturated carbocycles. The third kappa shape index (κ3) is 5.36. The number of benzene rings is 1. The second kappa shape index (κ2) is 8.22. The molecule has 0 aromatic heterocycles. The van der Waals surface area contributed by atoms with Crippen molar-refractivity contribution in [3.63, 3.8) is 0 Å². The van der Waals surface area contributed by atoms with Crippen LogP contribution in [0.15, 0.2) is 24.3 Å². The molecule has 1 aliphatic heterocycles. The largest absolute Gasteiger partial charge is 0.392 e. The van der Waals surface area contributed by atoms with E-state index in [1.165, 1.54) is 6.07 Å². The predicted octanol–water partition coefficient (Wildman–Crippen LogP) is 0.440. The zero-order valence-corrected chi connectivity index (χ0v) is 13.0. The third-order valence-corrected chi connectivity index (χ3v) is 3.79. The van der Waals surface area contributed by atoms with Crippen molar-refractivity contribution in [2.24, 2.45) is 0 Å². The molecular formula is C16H24FN3O2. The number of aliphatic hydroxyl groups is 1. The number of carbonyl (C=O) groups is 1. The highest BCUT2D eigenvalue weighted by Crippen LogP contribution is 2.06. The van der Waals surface area contributed by atoms with Gasteiger partial charge in [0.25, 0.3) is 0 Å². The lowest BCUT2D eigenvalue weighted by molar-refractivity contribution is -0.122. The number of carbonyl (C=O) groups excluding carboxylic acids is 1. The Bertz CT molecular complexity index is 488. The summed E-state index contributed by atoms with van der Waals surface area (Å²) in [6.45, 7) is 6.32. The van der Waals surface area contributed by atoms with E-state index < -0.39 is 0 Å². The minimum Gasteiger partial charge on any atom is -0.392 e. The standard InChI is InChI=1S/C16H24FN3O2/c1-13(21)11-19-6-8-20(9-7-19)12-16(22)18-10-14-4-2-3-5-15(14)17/h2-5,13,21H,6-12H2,1H3,(H,18,22).